The average Bonchev–Trinajstić information content (AvgIpc) is 3.30. The molecule has 0 spiro atoms. The van der Waals surface area contributed by atoms with Gasteiger partial charge in [-0.25, -0.2) is 0 Å². The summed E-state index contributed by atoms with van der Waals surface area (Å²) in [4.78, 5) is 38.0. The van der Waals surface area contributed by atoms with E-state index in [1.807, 2.05) is 0 Å². The van der Waals surface area contributed by atoms with Crippen molar-refractivity contribution in [2.45, 2.75) is 245 Å². The van der Waals surface area contributed by atoms with Crippen molar-refractivity contribution in [1.82, 2.24) is 0 Å². The van der Waals surface area contributed by atoms with E-state index in [4.69, 9.17) is 14.2 Å². The van der Waals surface area contributed by atoms with Crippen LogP contribution in [0.5, 0.6) is 0 Å². The van der Waals surface area contributed by atoms with Gasteiger partial charge in [-0.05, 0) is 116 Å². The minimum atomic E-state index is -0.807. The molecule has 0 aromatic heterocycles. The maximum Gasteiger partial charge on any atom is 0.306 e. The topological polar surface area (TPSA) is 78.9 Å². The second-order valence-corrected chi connectivity index (χ2v) is 17.4. The molecule has 1 unspecified atom stereocenters. The molecular formula is C59H98O6. The summed E-state index contributed by atoms with van der Waals surface area (Å²) < 4.78 is 16.8. The number of esters is 3. The van der Waals surface area contributed by atoms with Crippen molar-refractivity contribution in [3.63, 3.8) is 0 Å². The van der Waals surface area contributed by atoms with Crippen LogP contribution < -0.4 is 0 Å². The fraction of sp³-hybridized carbons (Fsp3) is 0.678. The molecule has 0 bridgehead atoms. The first-order valence-electron chi connectivity index (χ1n) is 26.7. The van der Waals surface area contributed by atoms with E-state index < -0.39 is 6.10 Å². The van der Waals surface area contributed by atoms with Crippen LogP contribution in [0.4, 0.5) is 0 Å². The van der Waals surface area contributed by atoms with Gasteiger partial charge in [-0.3, -0.25) is 14.4 Å². The predicted molar refractivity (Wildman–Crippen MR) is 279 cm³/mol. The molecule has 0 aliphatic heterocycles. The van der Waals surface area contributed by atoms with E-state index in [1.165, 1.54) is 83.5 Å². The van der Waals surface area contributed by atoms with Gasteiger partial charge < -0.3 is 14.2 Å². The smallest absolute Gasteiger partial charge is 0.306 e. The van der Waals surface area contributed by atoms with E-state index in [0.29, 0.717) is 12.8 Å². The van der Waals surface area contributed by atoms with Crippen molar-refractivity contribution in [3.8, 4) is 0 Å². The molecule has 6 heteroatoms. The standard InChI is InChI=1S/C59H98O6/c1-4-7-10-13-16-19-22-25-26-27-28-29-30-31-32-35-37-40-43-46-49-52-58(61)64-55-56(65-59(62)53-50-47-44-41-38-34-24-21-18-15-12-9-6-3)54-63-57(60)51-48-45-42-39-36-33-23-20-17-14-11-8-5-2/h8-9,11-12,17-18,20-22,25,27-28,33-34,36,38,56H,4-7,10,13-16,19,23-24,26,29-32,35,37,39-55H2,1-3H3/b11-8-,12-9-,20-17-,21-18-,25-22-,28-27-,36-33-,38-34-. The Hall–Kier alpha value is -3.67. The van der Waals surface area contributed by atoms with E-state index in [-0.39, 0.29) is 37.5 Å². The Morgan fingerprint density at radius 2 is 0.600 bits per heavy atom. The van der Waals surface area contributed by atoms with E-state index in [1.54, 1.807) is 0 Å². The molecule has 0 radical (unpaired) electrons. The lowest BCUT2D eigenvalue weighted by molar-refractivity contribution is -0.167. The molecule has 370 valence electrons. The second-order valence-electron chi connectivity index (χ2n) is 17.4. The molecule has 0 saturated heterocycles. The number of carbonyl (C=O) groups excluding carboxylic acids is 3. The minimum Gasteiger partial charge on any atom is -0.462 e. The zero-order chi connectivity index (χ0) is 47.2. The van der Waals surface area contributed by atoms with Gasteiger partial charge in [0.2, 0.25) is 0 Å². The molecule has 65 heavy (non-hydrogen) atoms. The minimum absolute atomic E-state index is 0.102. The molecule has 0 aromatic carbocycles. The van der Waals surface area contributed by atoms with Gasteiger partial charge in [-0.15, -0.1) is 0 Å². The highest BCUT2D eigenvalue weighted by atomic mass is 16.6. The van der Waals surface area contributed by atoms with Crippen LogP contribution in [-0.4, -0.2) is 37.2 Å². The lowest BCUT2D eigenvalue weighted by Crippen LogP contribution is -2.30. The van der Waals surface area contributed by atoms with Gasteiger partial charge in [0, 0.05) is 19.3 Å². The van der Waals surface area contributed by atoms with Crippen LogP contribution in [0.25, 0.3) is 0 Å². The molecule has 0 heterocycles. The fourth-order valence-electron chi connectivity index (χ4n) is 7.09. The highest BCUT2D eigenvalue weighted by Gasteiger charge is 2.19. The number of hydrogen-bond donors (Lipinski definition) is 0. The Bertz CT molecular complexity index is 1310. The molecule has 0 amide bonds. The first kappa shape index (κ1) is 61.3. The molecule has 0 fully saturated rings. The summed E-state index contributed by atoms with van der Waals surface area (Å²) in [6.07, 6.45) is 69.7. The van der Waals surface area contributed by atoms with Gasteiger partial charge in [-0.1, -0.05) is 201 Å². The van der Waals surface area contributed by atoms with Crippen molar-refractivity contribution in [2.24, 2.45) is 0 Å². The second kappa shape index (κ2) is 52.9. The molecule has 0 rings (SSSR count). The molecule has 0 aliphatic carbocycles. The number of carbonyl (C=O) groups is 3. The summed E-state index contributed by atoms with van der Waals surface area (Å²) in [5.74, 6) is -0.969. The van der Waals surface area contributed by atoms with Crippen molar-refractivity contribution in [2.75, 3.05) is 13.2 Å². The zero-order valence-electron chi connectivity index (χ0n) is 42.2. The third-order valence-corrected chi connectivity index (χ3v) is 11.1. The summed E-state index contributed by atoms with van der Waals surface area (Å²) in [6.45, 7) is 6.34. The van der Waals surface area contributed by atoms with Gasteiger partial charge in [-0.2, -0.15) is 0 Å². The predicted octanol–water partition coefficient (Wildman–Crippen LogP) is 17.8. The van der Waals surface area contributed by atoms with Gasteiger partial charge in [0.25, 0.3) is 0 Å². The fourth-order valence-corrected chi connectivity index (χ4v) is 7.09. The number of ether oxygens (including phenoxy) is 3. The van der Waals surface area contributed by atoms with Gasteiger partial charge in [0.15, 0.2) is 6.10 Å². The van der Waals surface area contributed by atoms with Crippen LogP contribution in [0.2, 0.25) is 0 Å². The normalized spacial score (nSPS) is 12.8. The van der Waals surface area contributed by atoms with Crippen LogP contribution in [0.3, 0.4) is 0 Å². The van der Waals surface area contributed by atoms with E-state index >= 15 is 0 Å². The van der Waals surface area contributed by atoms with Crippen molar-refractivity contribution in [1.29, 1.82) is 0 Å². The quantitative estimate of drug-likeness (QED) is 0.0262. The van der Waals surface area contributed by atoms with Crippen LogP contribution in [-0.2, 0) is 28.6 Å². The van der Waals surface area contributed by atoms with E-state index in [2.05, 4.69) is 118 Å². The van der Waals surface area contributed by atoms with Crippen LogP contribution in [0.15, 0.2) is 97.2 Å². The lowest BCUT2D eigenvalue weighted by atomic mass is 10.1. The number of allylic oxidation sites excluding steroid dienone is 16. The summed E-state index contributed by atoms with van der Waals surface area (Å²) >= 11 is 0. The zero-order valence-corrected chi connectivity index (χ0v) is 42.2. The lowest BCUT2D eigenvalue weighted by Gasteiger charge is -2.18. The summed E-state index contributed by atoms with van der Waals surface area (Å²) in [7, 11) is 0. The van der Waals surface area contributed by atoms with Crippen LogP contribution in [0.1, 0.15) is 239 Å². The highest BCUT2D eigenvalue weighted by molar-refractivity contribution is 5.71. The number of rotatable bonds is 47. The van der Waals surface area contributed by atoms with Crippen molar-refractivity contribution < 1.29 is 28.6 Å². The van der Waals surface area contributed by atoms with Gasteiger partial charge in [0.1, 0.15) is 13.2 Å². The molecule has 0 aliphatic rings. The Balaban J connectivity index is 4.40. The van der Waals surface area contributed by atoms with Crippen LogP contribution in [0, 0.1) is 0 Å². The van der Waals surface area contributed by atoms with E-state index in [9.17, 15) is 14.4 Å². The Kier molecular flexibility index (Phi) is 50.0. The number of unbranched alkanes of at least 4 members (excludes halogenated alkanes) is 20. The third kappa shape index (κ3) is 51.2. The maximum atomic E-state index is 12.8. The molecule has 1 atom stereocenters. The summed E-state index contributed by atoms with van der Waals surface area (Å²) in [6, 6.07) is 0. The third-order valence-electron chi connectivity index (χ3n) is 11.1. The SMILES string of the molecule is CC/C=C\C/C=C\C/C=C\CCCCCC(=O)OCC(COC(=O)CCCCCCCCCCC/C=C\C/C=C\CCCCCCC)OC(=O)CCCCC/C=C\C/C=C\C/C=C\CC. The van der Waals surface area contributed by atoms with Gasteiger partial charge in [0.05, 0.1) is 0 Å². The highest BCUT2D eigenvalue weighted by Crippen LogP contribution is 2.14. The van der Waals surface area contributed by atoms with E-state index in [0.717, 1.165) is 116 Å². The first-order chi connectivity index (χ1) is 32.0. The molecule has 0 saturated carbocycles. The van der Waals surface area contributed by atoms with Gasteiger partial charge >= 0.3 is 17.9 Å². The molecule has 0 aromatic rings. The Morgan fingerprint density at radius 3 is 0.954 bits per heavy atom. The average molecular weight is 903 g/mol. The first-order valence-corrected chi connectivity index (χ1v) is 26.7. The monoisotopic (exact) mass is 903 g/mol. The van der Waals surface area contributed by atoms with Crippen molar-refractivity contribution >= 4 is 17.9 Å². The maximum absolute atomic E-state index is 12.8. The molecule has 0 N–H and O–H groups in total. The molecular weight excluding hydrogens is 805 g/mol. The Labute approximate surface area is 400 Å². The van der Waals surface area contributed by atoms with Crippen LogP contribution >= 0.6 is 0 Å². The summed E-state index contributed by atoms with van der Waals surface area (Å²) in [5, 5.41) is 0. The molecule has 6 nitrogen and oxygen atoms in total. The largest absolute Gasteiger partial charge is 0.462 e. The Morgan fingerprint density at radius 1 is 0.323 bits per heavy atom. The summed E-state index contributed by atoms with van der Waals surface area (Å²) in [5.41, 5.74) is 0. The number of hydrogen-bond acceptors (Lipinski definition) is 6. The van der Waals surface area contributed by atoms with Crippen molar-refractivity contribution in [3.05, 3.63) is 97.2 Å².